The Morgan fingerprint density at radius 3 is 1.63 bits per heavy atom. The number of halogens is 2. The fourth-order valence-corrected chi connectivity index (χ4v) is 7.22. The van der Waals surface area contributed by atoms with Gasteiger partial charge < -0.3 is 5.32 Å². The average Bonchev–Trinajstić information content (AvgIpc) is 3.17. The van der Waals surface area contributed by atoms with Crippen molar-refractivity contribution in [3.8, 4) is 0 Å². The van der Waals surface area contributed by atoms with E-state index in [2.05, 4.69) is 5.32 Å². The molecule has 1 saturated heterocycles. The molecule has 3 amide bonds. The molecule has 35 heavy (non-hydrogen) atoms. The average molecular weight is 505 g/mol. The Labute approximate surface area is 213 Å². The molecule has 1 heterocycles. The van der Waals surface area contributed by atoms with E-state index >= 15 is 0 Å². The molecule has 3 aromatic carbocycles. The molecular formula is C28H22Cl2N2O3. The van der Waals surface area contributed by atoms with Crippen molar-refractivity contribution in [2.75, 3.05) is 0 Å². The molecule has 0 aromatic heterocycles. The Bertz CT molecular complexity index is 1270. The van der Waals surface area contributed by atoms with Crippen molar-refractivity contribution in [1.29, 1.82) is 0 Å². The highest BCUT2D eigenvalue weighted by atomic mass is 35.5. The highest BCUT2D eigenvalue weighted by Gasteiger charge is 2.73. The Morgan fingerprint density at radius 1 is 0.800 bits per heavy atom. The number of alkyl halides is 2. The van der Waals surface area contributed by atoms with Crippen LogP contribution in [-0.2, 0) is 30.7 Å². The lowest BCUT2D eigenvalue weighted by Gasteiger charge is -2.54. The third-order valence-corrected chi connectivity index (χ3v) is 8.98. The number of imide groups is 1. The number of hydrogen-bond acceptors (Lipinski definition) is 3. The third-order valence-electron chi connectivity index (χ3n) is 7.70. The molecule has 2 bridgehead atoms. The number of carbonyl (C=O) groups excluding carboxylic acids is 3. The Hall–Kier alpha value is -3.15. The normalized spacial score (nSPS) is 28.8. The summed E-state index contributed by atoms with van der Waals surface area (Å²) < 4.78 is 0. The molecular weight excluding hydrogens is 483 g/mol. The number of benzene rings is 3. The first kappa shape index (κ1) is 22.3. The maximum absolute atomic E-state index is 13.9. The number of likely N-dealkylation sites (tertiary alicyclic amines) is 1. The highest BCUT2D eigenvalue weighted by Crippen LogP contribution is 2.69. The predicted octanol–water partition coefficient (Wildman–Crippen LogP) is 4.28. The molecule has 7 heteroatoms. The molecule has 3 atom stereocenters. The number of amides is 3. The van der Waals surface area contributed by atoms with Gasteiger partial charge in [0, 0.05) is 6.54 Å². The first-order valence-corrected chi connectivity index (χ1v) is 12.3. The predicted molar refractivity (Wildman–Crippen MR) is 133 cm³/mol. The zero-order valence-corrected chi connectivity index (χ0v) is 20.4. The third kappa shape index (κ3) is 2.79. The van der Waals surface area contributed by atoms with Crippen molar-refractivity contribution in [3.63, 3.8) is 0 Å². The van der Waals surface area contributed by atoms with Gasteiger partial charge in [-0.1, -0.05) is 78.9 Å². The molecule has 1 fully saturated rings. The van der Waals surface area contributed by atoms with Crippen LogP contribution in [0.4, 0.5) is 0 Å². The van der Waals surface area contributed by atoms with Gasteiger partial charge >= 0.3 is 0 Å². The van der Waals surface area contributed by atoms with Crippen molar-refractivity contribution >= 4 is 40.9 Å². The summed E-state index contributed by atoms with van der Waals surface area (Å²) in [7, 11) is 0. The first-order valence-electron chi connectivity index (χ1n) is 11.6. The van der Waals surface area contributed by atoms with Gasteiger partial charge in [-0.25, -0.2) is 0 Å². The zero-order chi connectivity index (χ0) is 24.5. The standard InChI is InChI=1S/C28H22Cl2N2O3/c1-16(24(33)31-15-17-9-3-2-4-10-17)32-25(34)22-23(26(32)35)28(30)19-12-6-5-11-18(19)27(22,29)20-13-7-8-14-21(20)28/h2-14,16,22-23H,15H2,1H3,(H,31,33)/t16-,22-,23+,27?,28?/m0/s1. The van der Waals surface area contributed by atoms with E-state index in [4.69, 9.17) is 23.2 Å². The minimum absolute atomic E-state index is 0.295. The molecule has 5 nitrogen and oxygen atoms in total. The van der Waals surface area contributed by atoms with Gasteiger partial charge in [-0.2, -0.15) is 0 Å². The molecule has 176 valence electrons. The Kier molecular flexibility index (Phi) is 4.89. The monoisotopic (exact) mass is 504 g/mol. The van der Waals surface area contributed by atoms with Crippen LogP contribution in [0.2, 0.25) is 0 Å². The molecule has 4 aliphatic rings. The fourth-order valence-electron chi connectivity index (χ4n) is 6.12. The lowest BCUT2D eigenvalue weighted by atomic mass is 9.54. The summed E-state index contributed by atoms with van der Waals surface area (Å²) in [5, 5.41) is 2.84. The SMILES string of the molecule is C[C@@H](C(=O)NCc1ccccc1)N1C(=O)[C@@H]2[C@H](C1=O)C1(Cl)c3ccccc3C2(Cl)c2ccccc21. The van der Waals surface area contributed by atoms with Crippen molar-refractivity contribution in [2.45, 2.75) is 29.3 Å². The van der Waals surface area contributed by atoms with E-state index in [1.54, 1.807) is 6.92 Å². The van der Waals surface area contributed by atoms with E-state index in [0.29, 0.717) is 6.54 Å². The second-order valence-electron chi connectivity index (χ2n) is 9.40. The molecule has 0 spiro atoms. The van der Waals surface area contributed by atoms with Crippen LogP contribution < -0.4 is 5.32 Å². The molecule has 3 aliphatic carbocycles. The summed E-state index contributed by atoms with van der Waals surface area (Å²) in [6.45, 7) is 1.86. The van der Waals surface area contributed by atoms with Crippen LogP contribution >= 0.6 is 23.2 Å². The van der Waals surface area contributed by atoms with Crippen LogP contribution in [-0.4, -0.2) is 28.7 Å². The summed E-state index contributed by atoms with van der Waals surface area (Å²) in [6, 6.07) is 23.4. The van der Waals surface area contributed by atoms with Gasteiger partial charge in [-0.15, -0.1) is 23.2 Å². The maximum atomic E-state index is 13.9. The summed E-state index contributed by atoms with van der Waals surface area (Å²) in [5.41, 5.74) is 3.87. The maximum Gasteiger partial charge on any atom is 0.243 e. The number of carbonyl (C=O) groups is 3. The summed E-state index contributed by atoms with van der Waals surface area (Å²) in [5.74, 6) is -3.17. The van der Waals surface area contributed by atoms with Gasteiger partial charge in [0.25, 0.3) is 0 Å². The minimum Gasteiger partial charge on any atom is -0.350 e. The number of hydrogen-bond donors (Lipinski definition) is 1. The molecule has 3 aromatic rings. The van der Waals surface area contributed by atoms with E-state index in [0.717, 1.165) is 32.7 Å². The lowest BCUT2D eigenvalue weighted by molar-refractivity contribution is -0.147. The van der Waals surface area contributed by atoms with E-state index in [9.17, 15) is 14.4 Å². The number of rotatable bonds is 4. The minimum atomic E-state index is -1.25. The van der Waals surface area contributed by atoms with E-state index in [1.807, 2.05) is 78.9 Å². The Balaban J connectivity index is 1.41. The van der Waals surface area contributed by atoms with Crippen molar-refractivity contribution in [3.05, 3.63) is 107 Å². The van der Waals surface area contributed by atoms with Gasteiger partial charge in [0.05, 0.1) is 11.8 Å². The Morgan fingerprint density at radius 2 is 1.20 bits per heavy atom. The number of nitrogens with zero attached hydrogens (tertiary/aromatic N) is 1. The number of nitrogens with one attached hydrogen (secondary N) is 1. The van der Waals surface area contributed by atoms with Gasteiger partial charge in [-0.3, -0.25) is 19.3 Å². The van der Waals surface area contributed by atoms with Gasteiger partial charge in [0.15, 0.2) is 0 Å². The second-order valence-corrected chi connectivity index (χ2v) is 10.6. The van der Waals surface area contributed by atoms with E-state index < -0.39 is 45.3 Å². The van der Waals surface area contributed by atoms with Crippen LogP contribution in [0.25, 0.3) is 0 Å². The summed E-state index contributed by atoms with van der Waals surface area (Å²) in [6.07, 6.45) is 0. The first-order chi connectivity index (χ1) is 16.8. The van der Waals surface area contributed by atoms with E-state index in [1.165, 1.54) is 0 Å². The summed E-state index contributed by atoms with van der Waals surface area (Å²) >= 11 is 14.8. The lowest BCUT2D eigenvalue weighted by Crippen LogP contribution is -2.57. The molecule has 1 aliphatic heterocycles. The van der Waals surface area contributed by atoms with Crippen LogP contribution in [0.5, 0.6) is 0 Å². The van der Waals surface area contributed by atoms with Crippen molar-refractivity contribution < 1.29 is 14.4 Å². The van der Waals surface area contributed by atoms with Crippen molar-refractivity contribution in [2.24, 2.45) is 11.8 Å². The molecule has 0 radical (unpaired) electrons. The molecule has 0 unspecified atom stereocenters. The van der Waals surface area contributed by atoms with Gasteiger partial charge in [0.1, 0.15) is 15.8 Å². The van der Waals surface area contributed by atoms with Crippen molar-refractivity contribution in [1.82, 2.24) is 10.2 Å². The fraction of sp³-hybridized carbons (Fsp3) is 0.250. The van der Waals surface area contributed by atoms with Crippen LogP contribution in [0.3, 0.4) is 0 Å². The second kappa shape index (κ2) is 7.67. The van der Waals surface area contributed by atoms with E-state index in [-0.39, 0.29) is 0 Å². The molecule has 1 N–H and O–H groups in total. The zero-order valence-electron chi connectivity index (χ0n) is 18.9. The summed E-state index contributed by atoms with van der Waals surface area (Å²) in [4.78, 5) is 39.4. The van der Waals surface area contributed by atoms with Crippen LogP contribution in [0.15, 0.2) is 78.9 Å². The smallest absolute Gasteiger partial charge is 0.243 e. The molecule has 7 rings (SSSR count). The quantitative estimate of drug-likeness (QED) is 0.425. The molecule has 0 saturated carbocycles. The topological polar surface area (TPSA) is 66.5 Å². The van der Waals surface area contributed by atoms with Crippen LogP contribution in [0, 0.1) is 11.8 Å². The highest BCUT2D eigenvalue weighted by molar-refractivity contribution is 6.36. The van der Waals surface area contributed by atoms with Gasteiger partial charge in [0.2, 0.25) is 17.7 Å². The van der Waals surface area contributed by atoms with Crippen LogP contribution in [0.1, 0.15) is 34.7 Å². The largest absolute Gasteiger partial charge is 0.350 e. The van der Waals surface area contributed by atoms with Gasteiger partial charge in [-0.05, 0) is 34.7 Å².